The lowest BCUT2D eigenvalue weighted by Crippen LogP contribution is -2.55. The Morgan fingerprint density at radius 1 is 1.39 bits per heavy atom. The summed E-state index contributed by atoms with van der Waals surface area (Å²) in [6.07, 6.45) is 1.65. The van der Waals surface area contributed by atoms with Crippen LogP contribution in [0.5, 0.6) is 0 Å². The van der Waals surface area contributed by atoms with Crippen LogP contribution >= 0.6 is 12.2 Å². The van der Waals surface area contributed by atoms with Gasteiger partial charge >= 0.3 is 0 Å². The highest BCUT2D eigenvalue weighted by Gasteiger charge is 2.31. The Morgan fingerprint density at radius 2 is 2.06 bits per heavy atom. The van der Waals surface area contributed by atoms with Gasteiger partial charge in [-0.25, -0.2) is 0 Å². The fourth-order valence-corrected chi connectivity index (χ4v) is 2.63. The minimum Gasteiger partial charge on any atom is -0.392 e. The minimum absolute atomic E-state index is 0.111. The average Bonchev–Trinajstić information content (AvgIpc) is 2.91. The van der Waals surface area contributed by atoms with Crippen LogP contribution < -0.4 is 5.73 Å². The van der Waals surface area contributed by atoms with Gasteiger partial charge in [0.1, 0.15) is 6.10 Å². The summed E-state index contributed by atoms with van der Waals surface area (Å²) in [4.78, 5) is 16.8. The lowest BCUT2D eigenvalue weighted by molar-refractivity contribution is -0.142. The molecule has 2 N–H and O–H groups in total. The van der Waals surface area contributed by atoms with Gasteiger partial charge in [0, 0.05) is 32.8 Å². The molecule has 0 aromatic rings. The number of amides is 1. The third-order valence-corrected chi connectivity index (χ3v) is 4.13. The second-order valence-corrected chi connectivity index (χ2v) is 5.41. The van der Waals surface area contributed by atoms with Crippen LogP contribution in [-0.2, 0) is 9.53 Å². The molecule has 1 amide bonds. The summed E-state index contributed by atoms with van der Waals surface area (Å²) < 4.78 is 5.43. The second kappa shape index (κ2) is 5.95. The van der Waals surface area contributed by atoms with Crippen LogP contribution in [-0.4, -0.2) is 65.6 Å². The maximum Gasteiger partial charge on any atom is 0.251 e. The highest BCUT2D eigenvalue weighted by molar-refractivity contribution is 7.80. The molecule has 102 valence electrons. The van der Waals surface area contributed by atoms with Crippen molar-refractivity contribution < 1.29 is 9.53 Å². The van der Waals surface area contributed by atoms with E-state index in [1.807, 2.05) is 11.8 Å². The van der Waals surface area contributed by atoms with E-state index in [4.69, 9.17) is 22.7 Å². The molecule has 2 aliphatic heterocycles. The average molecular weight is 271 g/mol. The van der Waals surface area contributed by atoms with Gasteiger partial charge in [0.2, 0.25) is 0 Å². The molecule has 0 aromatic carbocycles. The van der Waals surface area contributed by atoms with E-state index >= 15 is 0 Å². The first-order valence-corrected chi connectivity index (χ1v) is 6.94. The lowest BCUT2D eigenvalue weighted by atomic mass is 10.2. The molecule has 2 heterocycles. The summed E-state index contributed by atoms with van der Waals surface area (Å²) >= 11 is 5.00. The van der Waals surface area contributed by atoms with Crippen molar-refractivity contribution in [1.82, 2.24) is 9.80 Å². The number of carbonyl (C=O) groups excluding carboxylic acids is 1. The molecule has 2 saturated heterocycles. The van der Waals surface area contributed by atoms with Gasteiger partial charge in [-0.1, -0.05) is 12.2 Å². The number of thiocarbonyl (C=S) groups is 1. The molecular weight excluding hydrogens is 250 g/mol. The predicted molar refractivity (Wildman–Crippen MR) is 73.4 cm³/mol. The maximum atomic E-state index is 12.1. The van der Waals surface area contributed by atoms with Gasteiger partial charge in [-0.05, 0) is 19.8 Å². The van der Waals surface area contributed by atoms with Gasteiger partial charge in [0.05, 0.1) is 11.0 Å². The summed E-state index contributed by atoms with van der Waals surface area (Å²) in [5.74, 6) is 0.148. The second-order valence-electron chi connectivity index (χ2n) is 4.94. The van der Waals surface area contributed by atoms with Gasteiger partial charge in [0.25, 0.3) is 5.91 Å². The van der Waals surface area contributed by atoms with Crippen LogP contribution in [0, 0.1) is 0 Å². The van der Waals surface area contributed by atoms with Gasteiger partial charge < -0.3 is 15.4 Å². The van der Waals surface area contributed by atoms with Crippen molar-refractivity contribution in [2.45, 2.75) is 31.9 Å². The van der Waals surface area contributed by atoms with Crippen molar-refractivity contribution in [2.75, 3.05) is 32.8 Å². The van der Waals surface area contributed by atoms with Gasteiger partial charge in [-0.15, -0.1) is 0 Å². The normalized spacial score (nSPS) is 27.2. The molecule has 0 spiro atoms. The Labute approximate surface area is 113 Å². The molecule has 2 unspecified atom stereocenters. The number of hydrogen-bond donors (Lipinski definition) is 1. The molecule has 2 rings (SSSR count). The van der Waals surface area contributed by atoms with E-state index in [0.29, 0.717) is 4.99 Å². The standard InChI is InChI=1S/C12H21N3O2S/c1-9(11(13)18)14-4-6-15(7-5-14)12(16)10-3-2-8-17-10/h9-10H,2-8H2,1H3,(H2,13,18). The molecule has 0 bridgehead atoms. The first-order chi connectivity index (χ1) is 8.59. The van der Waals surface area contributed by atoms with Crippen LogP contribution in [0.1, 0.15) is 19.8 Å². The first-order valence-electron chi connectivity index (χ1n) is 6.53. The predicted octanol–water partition coefficient (Wildman–Crippen LogP) is -0.0158. The Balaban J connectivity index is 1.82. The molecule has 18 heavy (non-hydrogen) atoms. The highest BCUT2D eigenvalue weighted by atomic mass is 32.1. The maximum absolute atomic E-state index is 12.1. The summed E-state index contributed by atoms with van der Waals surface area (Å²) in [5.41, 5.74) is 5.65. The van der Waals surface area contributed by atoms with Crippen molar-refractivity contribution >= 4 is 23.1 Å². The highest BCUT2D eigenvalue weighted by Crippen LogP contribution is 2.16. The fraction of sp³-hybridized carbons (Fsp3) is 0.833. The van der Waals surface area contributed by atoms with Crippen molar-refractivity contribution in [3.05, 3.63) is 0 Å². The quantitative estimate of drug-likeness (QED) is 0.731. The topological polar surface area (TPSA) is 58.8 Å². The summed E-state index contributed by atoms with van der Waals surface area (Å²) in [7, 11) is 0. The molecule has 2 aliphatic rings. The molecule has 6 heteroatoms. The molecule has 0 aliphatic carbocycles. The van der Waals surface area contributed by atoms with Crippen LogP contribution in [0.2, 0.25) is 0 Å². The number of hydrogen-bond acceptors (Lipinski definition) is 4. The van der Waals surface area contributed by atoms with E-state index < -0.39 is 0 Å². The van der Waals surface area contributed by atoms with E-state index in [9.17, 15) is 4.79 Å². The number of rotatable bonds is 3. The zero-order valence-electron chi connectivity index (χ0n) is 10.8. The Morgan fingerprint density at radius 3 is 2.56 bits per heavy atom. The van der Waals surface area contributed by atoms with E-state index in [1.54, 1.807) is 0 Å². The van der Waals surface area contributed by atoms with Gasteiger partial charge in [-0.3, -0.25) is 9.69 Å². The third kappa shape index (κ3) is 2.99. The van der Waals surface area contributed by atoms with Crippen molar-refractivity contribution in [3.63, 3.8) is 0 Å². The van der Waals surface area contributed by atoms with Crippen molar-refractivity contribution in [1.29, 1.82) is 0 Å². The number of nitrogens with two attached hydrogens (primary N) is 1. The molecule has 0 saturated carbocycles. The van der Waals surface area contributed by atoms with Crippen molar-refractivity contribution in [2.24, 2.45) is 5.73 Å². The SMILES string of the molecule is CC(C(N)=S)N1CCN(C(=O)C2CCCO2)CC1. The smallest absolute Gasteiger partial charge is 0.251 e. The van der Waals surface area contributed by atoms with E-state index in [0.717, 1.165) is 45.6 Å². The Bertz CT molecular complexity index is 323. The van der Waals surface area contributed by atoms with E-state index in [-0.39, 0.29) is 18.1 Å². The fourth-order valence-electron chi connectivity index (χ4n) is 2.49. The monoisotopic (exact) mass is 271 g/mol. The number of piperazine rings is 1. The number of nitrogens with zero attached hydrogens (tertiary/aromatic N) is 2. The number of ether oxygens (including phenoxy) is 1. The van der Waals surface area contributed by atoms with E-state index in [2.05, 4.69) is 4.90 Å². The summed E-state index contributed by atoms with van der Waals surface area (Å²) in [6, 6.07) is 0.111. The van der Waals surface area contributed by atoms with Crippen LogP contribution in [0.3, 0.4) is 0 Å². The van der Waals surface area contributed by atoms with Crippen molar-refractivity contribution in [3.8, 4) is 0 Å². The van der Waals surface area contributed by atoms with Gasteiger partial charge in [-0.2, -0.15) is 0 Å². The van der Waals surface area contributed by atoms with Crippen LogP contribution in [0.15, 0.2) is 0 Å². The number of carbonyl (C=O) groups is 1. The lowest BCUT2D eigenvalue weighted by Gasteiger charge is -2.38. The zero-order valence-corrected chi connectivity index (χ0v) is 11.6. The molecule has 2 atom stereocenters. The molecular formula is C12H21N3O2S. The molecule has 0 aromatic heterocycles. The Hall–Kier alpha value is -0.720. The van der Waals surface area contributed by atoms with Crippen LogP contribution in [0.25, 0.3) is 0 Å². The molecule has 2 fully saturated rings. The molecule has 0 radical (unpaired) electrons. The van der Waals surface area contributed by atoms with Gasteiger partial charge in [0.15, 0.2) is 0 Å². The zero-order chi connectivity index (χ0) is 13.1. The Kier molecular flexibility index (Phi) is 4.53. The van der Waals surface area contributed by atoms with Crippen LogP contribution in [0.4, 0.5) is 0 Å². The largest absolute Gasteiger partial charge is 0.392 e. The minimum atomic E-state index is -0.204. The van der Waals surface area contributed by atoms with E-state index in [1.165, 1.54) is 0 Å². The summed E-state index contributed by atoms with van der Waals surface area (Å²) in [6.45, 7) is 5.87. The third-order valence-electron chi connectivity index (χ3n) is 3.79. The molecule has 5 nitrogen and oxygen atoms in total. The summed E-state index contributed by atoms with van der Waals surface area (Å²) in [5, 5.41) is 0. The first kappa shape index (κ1) is 13.7.